The van der Waals surface area contributed by atoms with Gasteiger partial charge in [0.25, 0.3) is 5.91 Å². The Morgan fingerprint density at radius 1 is 1.19 bits per heavy atom. The molecule has 0 aliphatic rings. The molecule has 26 heavy (non-hydrogen) atoms. The lowest BCUT2D eigenvalue weighted by Gasteiger charge is -2.24. The van der Waals surface area contributed by atoms with Gasteiger partial charge in [0, 0.05) is 11.4 Å². The number of benzene rings is 2. The Morgan fingerprint density at radius 3 is 2.54 bits per heavy atom. The first-order valence-electron chi connectivity index (χ1n) is 8.21. The zero-order valence-electron chi connectivity index (χ0n) is 14.6. The van der Waals surface area contributed by atoms with Gasteiger partial charge in [-0.15, -0.1) is 0 Å². The lowest BCUT2D eigenvalue weighted by molar-refractivity contribution is 0.100. The molecule has 0 saturated heterocycles. The van der Waals surface area contributed by atoms with Crippen LogP contribution in [0.1, 0.15) is 28.9 Å². The van der Waals surface area contributed by atoms with Crippen LogP contribution in [0.5, 0.6) is 5.75 Å². The predicted molar refractivity (Wildman–Crippen MR) is 101 cm³/mol. The molecule has 0 saturated carbocycles. The van der Waals surface area contributed by atoms with E-state index in [1.165, 1.54) is 13.4 Å². The predicted octanol–water partition coefficient (Wildman–Crippen LogP) is 2.24. The van der Waals surface area contributed by atoms with E-state index in [2.05, 4.69) is 15.3 Å². The van der Waals surface area contributed by atoms with Crippen LogP contribution in [0.4, 0.5) is 5.82 Å². The standard InChI is InChI=1S/C19H21N5O2/c1-11(20)16(12-6-4-3-5-7-12)24-19-15-9-13(26-2)8-14(18(21)25)17(15)22-10-23-19/h3-11,16H,20H2,1-2H3,(H2,21,25)(H,22,23,24)/t11-,16?/m0/s1. The molecule has 1 unspecified atom stereocenters. The van der Waals surface area contributed by atoms with Crippen molar-refractivity contribution in [1.82, 2.24) is 9.97 Å². The quantitative estimate of drug-likeness (QED) is 0.627. The van der Waals surface area contributed by atoms with Crippen LogP contribution in [0.3, 0.4) is 0 Å². The van der Waals surface area contributed by atoms with Crippen LogP contribution in [0.15, 0.2) is 48.8 Å². The number of aromatic nitrogens is 2. The summed E-state index contributed by atoms with van der Waals surface area (Å²) in [5.41, 5.74) is 13.5. The number of ether oxygens (including phenoxy) is 1. The number of fused-ring (bicyclic) bond motifs is 1. The van der Waals surface area contributed by atoms with Crippen molar-refractivity contribution in [1.29, 1.82) is 0 Å². The molecule has 1 amide bonds. The van der Waals surface area contributed by atoms with Gasteiger partial charge in [0.1, 0.15) is 17.9 Å². The van der Waals surface area contributed by atoms with Crippen LogP contribution < -0.4 is 21.5 Å². The van der Waals surface area contributed by atoms with E-state index in [0.29, 0.717) is 22.5 Å². The lowest BCUT2D eigenvalue weighted by atomic mass is 10.0. The first-order valence-corrected chi connectivity index (χ1v) is 8.21. The number of anilines is 1. The Kier molecular flexibility index (Phi) is 4.99. The lowest BCUT2D eigenvalue weighted by Crippen LogP contribution is -2.30. The van der Waals surface area contributed by atoms with Gasteiger partial charge in [-0.2, -0.15) is 0 Å². The van der Waals surface area contributed by atoms with Gasteiger partial charge in [0.05, 0.1) is 24.2 Å². The van der Waals surface area contributed by atoms with E-state index in [9.17, 15) is 4.79 Å². The molecular formula is C19H21N5O2. The number of hydrogen-bond donors (Lipinski definition) is 3. The van der Waals surface area contributed by atoms with Crippen LogP contribution in [0, 0.1) is 0 Å². The maximum Gasteiger partial charge on any atom is 0.251 e. The highest BCUT2D eigenvalue weighted by Crippen LogP contribution is 2.30. The van der Waals surface area contributed by atoms with Gasteiger partial charge in [-0.25, -0.2) is 9.97 Å². The van der Waals surface area contributed by atoms with Gasteiger partial charge in [-0.1, -0.05) is 30.3 Å². The molecule has 0 fully saturated rings. The van der Waals surface area contributed by atoms with Crippen LogP contribution in [0.25, 0.3) is 10.9 Å². The van der Waals surface area contributed by atoms with E-state index in [-0.39, 0.29) is 17.6 Å². The number of primary amides is 1. The van der Waals surface area contributed by atoms with Crippen LogP contribution in [0.2, 0.25) is 0 Å². The Balaban J connectivity index is 2.12. The van der Waals surface area contributed by atoms with E-state index in [1.807, 2.05) is 37.3 Å². The third-order valence-electron chi connectivity index (χ3n) is 4.19. The third kappa shape index (κ3) is 3.43. The minimum Gasteiger partial charge on any atom is -0.497 e. The van der Waals surface area contributed by atoms with Gasteiger partial charge in [-0.3, -0.25) is 4.79 Å². The molecule has 2 aromatic carbocycles. The molecule has 7 heteroatoms. The Bertz CT molecular complexity index is 928. The molecule has 1 heterocycles. The van der Waals surface area contributed by atoms with Crippen molar-refractivity contribution in [2.75, 3.05) is 12.4 Å². The molecule has 0 aliphatic heterocycles. The first kappa shape index (κ1) is 17.6. The number of carbonyl (C=O) groups excluding carboxylic acids is 1. The number of amides is 1. The number of nitrogens with one attached hydrogen (secondary N) is 1. The van der Waals surface area contributed by atoms with E-state index < -0.39 is 5.91 Å². The zero-order valence-corrected chi connectivity index (χ0v) is 14.6. The molecule has 0 bridgehead atoms. The fourth-order valence-corrected chi connectivity index (χ4v) is 2.89. The maximum absolute atomic E-state index is 11.8. The Hall–Kier alpha value is -3.19. The number of methoxy groups -OCH3 is 1. The summed E-state index contributed by atoms with van der Waals surface area (Å²) in [7, 11) is 1.53. The topological polar surface area (TPSA) is 116 Å². The summed E-state index contributed by atoms with van der Waals surface area (Å²) in [5.74, 6) is 0.481. The van der Waals surface area contributed by atoms with Gasteiger partial charge >= 0.3 is 0 Å². The first-order chi connectivity index (χ1) is 12.5. The summed E-state index contributed by atoms with van der Waals surface area (Å²) < 4.78 is 5.29. The molecule has 2 atom stereocenters. The van der Waals surface area contributed by atoms with E-state index in [1.54, 1.807) is 12.1 Å². The van der Waals surface area contributed by atoms with E-state index in [0.717, 1.165) is 5.56 Å². The van der Waals surface area contributed by atoms with Crippen molar-refractivity contribution in [3.63, 3.8) is 0 Å². The second-order valence-corrected chi connectivity index (χ2v) is 6.05. The molecular weight excluding hydrogens is 330 g/mol. The molecule has 3 rings (SSSR count). The van der Waals surface area contributed by atoms with Crippen molar-refractivity contribution >= 4 is 22.6 Å². The summed E-state index contributed by atoms with van der Waals surface area (Å²) in [4.78, 5) is 20.4. The highest BCUT2D eigenvalue weighted by Gasteiger charge is 2.20. The van der Waals surface area contributed by atoms with Gasteiger partial charge in [0.15, 0.2) is 0 Å². The molecule has 5 N–H and O–H groups in total. The summed E-state index contributed by atoms with van der Waals surface area (Å²) in [6, 6.07) is 12.9. The third-order valence-corrected chi connectivity index (χ3v) is 4.19. The van der Waals surface area contributed by atoms with Gasteiger partial charge < -0.3 is 21.5 Å². The summed E-state index contributed by atoms with van der Waals surface area (Å²) in [6.45, 7) is 1.92. The minimum atomic E-state index is -0.578. The summed E-state index contributed by atoms with van der Waals surface area (Å²) in [5, 5.41) is 4.01. The maximum atomic E-state index is 11.8. The largest absolute Gasteiger partial charge is 0.497 e. The SMILES string of the molecule is COc1cc(C(N)=O)c2ncnc(NC(c3ccccc3)[C@H](C)N)c2c1. The minimum absolute atomic E-state index is 0.169. The normalized spacial score (nSPS) is 13.2. The highest BCUT2D eigenvalue weighted by molar-refractivity contribution is 6.07. The van der Waals surface area contributed by atoms with Crippen LogP contribution in [-0.4, -0.2) is 29.0 Å². The number of carbonyl (C=O) groups is 1. The number of rotatable bonds is 6. The second kappa shape index (κ2) is 7.37. The molecule has 0 aliphatic carbocycles. The fraction of sp³-hybridized carbons (Fsp3) is 0.211. The molecule has 0 spiro atoms. The molecule has 3 aromatic rings. The second-order valence-electron chi connectivity index (χ2n) is 6.05. The highest BCUT2D eigenvalue weighted by atomic mass is 16.5. The smallest absolute Gasteiger partial charge is 0.251 e. The number of nitrogens with zero attached hydrogens (tertiary/aromatic N) is 2. The average Bonchev–Trinajstić information content (AvgIpc) is 2.65. The van der Waals surface area contributed by atoms with Gasteiger partial charge in [-0.05, 0) is 24.6 Å². The number of hydrogen-bond acceptors (Lipinski definition) is 6. The van der Waals surface area contributed by atoms with Crippen molar-refractivity contribution in [3.8, 4) is 5.75 Å². The van der Waals surface area contributed by atoms with Crippen molar-refractivity contribution < 1.29 is 9.53 Å². The van der Waals surface area contributed by atoms with E-state index in [4.69, 9.17) is 16.2 Å². The van der Waals surface area contributed by atoms with E-state index >= 15 is 0 Å². The average molecular weight is 351 g/mol. The van der Waals surface area contributed by atoms with Gasteiger partial charge in [0.2, 0.25) is 0 Å². The monoisotopic (exact) mass is 351 g/mol. The Morgan fingerprint density at radius 2 is 1.92 bits per heavy atom. The van der Waals surface area contributed by atoms with Crippen molar-refractivity contribution in [2.24, 2.45) is 11.5 Å². The summed E-state index contributed by atoms with van der Waals surface area (Å²) >= 11 is 0. The van der Waals surface area contributed by atoms with Crippen molar-refractivity contribution in [3.05, 3.63) is 59.9 Å². The molecule has 1 aromatic heterocycles. The zero-order chi connectivity index (χ0) is 18.7. The Labute approximate surface area is 151 Å². The molecule has 7 nitrogen and oxygen atoms in total. The molecule has 134 valence electrons. The fourth-order valence-electron chi connectivity index (χ4n) is 2.89. The molecule has 0 radical (unpaired) electrons. The van der Waals surface area contributed by atoms with Crippen LogP contribution in [-0.2, 0) is 0 Å². The van der Waals surface area contributed by atoms with Crippen molar-refractivity contribution in [2.45, 2.75) is 19.0 Å². The van der Waals surface area contributed by atoms with Crippen LogP contribution >= 0.6 is 0 Å². The summed E-state index contributed by atoms with van der Waals surface area (Å²) in [6.07, 6.45) is 1.40. The number of nitrogens with two attached hydrogens (primary N) is 2.